The number of allylic oxidation sites excluding steroid dienone is 2. The van der Waals surface area contributed by atoms with Crippen LogP contribution in [0.2, 0.25) is 5.02 Å². The molecule has 1 aliphatic carbocycles. The Bertz CT molecular complexity index is 1250. The van der Waals surface area contributed by atoms with E-state index in [9.17, 15) is 9.59 Å². The van der Waals surface area contributed by atoms with E-state index in [0.29, 0.717) is 46.1 Å². The van der Waals surface area contributed by atoms with Crippen LogP contribution in [0.25, 0.3) is 11.0 Å². The predicted molar refractivity (Wildman–Crippen MR) is 111 cm³/mol. The molecule has 2 aliphatic rings. The van der Waals surface area contributed by atoms with Gasteiger partial charge >= 0.3 is 5.63 Å². The lowest BCUT2D eigenvalue weighted by Crippen LogP contribution is -2.34. The van der Waals surface area contributed by atoms with Crippen LogP contribution in [0.5, 0.6) is 5.75 Å². The molecule has 1 unspecified atom stereocenters. The van der Waals surface area contributed by atoms with E-state index in [4.69, 9.17) is 20.8 Å². The Morgan fingerprint density at radius 2 is 1.72 bits per heavy atom. The van der Waals surface area contributed by atoms with Crippen molar-refractivity contribution < 1.29 is 13.9 Å². The molecule has 146 valence electrons. The van der Waals surface area contributed by atoms with Gasteiger partial charge in [-0.2, -0.15) is 0 Å². The van der Waals surface area contributed by atoms with Crippen molar-refractivity contribution in [1.29, 1.82) is 0 Å². The van der Waals surface area contributed by atoms with Crippen molar-refractivity contribution in [1.82, 2.24) is 0 Å². The Kier molecular flexibility index (Phi) is 3.97. The molecule has 1 aromatic heterocycles. The summed E-state index contributed by atoms with van der Waals surface area (Å²) in [6, 6.07) is 14.6. The van der Waals surface area contributed by atoms with Crippen molar-refractivity contribution in [2.45, 2.75) is 32.6 Å². The van der Waals surface area contributed by atoms with Crippen LogP contribution in [0, 0.1) is 5.41 Å². The second-order valence-electron chi connectivity index (χ2n) is 8.49. The van der Waals surface area contributed by atoms with Gasteiger partial charge in [0.1, 0.15) is 17.1 Å². The van der Waals surface area contributed by atoms with E-state index in [1.54, 1.807) is 18.2 Å². The monoisotopic (exact) mass is 406 g/mol. The molecule has 5 heteroatoms. The number of ketones is 1. The number of carbonyl (C=O) groups excluding carboxylic acids is 1. The molecule has 2 aromatic carbocycles. The minimum Gasteiger partial charge on any atom is -0.460 e. The van der Waals surface area contributed by atoms with Crippen LogP contribution in [-0.4, -0.2) is 5.78 Å². The fourth-order valence-corrected chi connectivity index (χ4v) is 4.57. The van der Waals surface area contributed by atoms with Crippen molar-refractivity contribution in [2.75, 3.05) is 0 Å². The van der Waals surface area contributed by atoms with E-state index in [0.717, 1.165) is 10.9 Å². The van der Waals surface area contributed by atoms with Crippen molar-refractivity contribution >= 4 is 28.4 Å². The Balaban J connectivity index is 1.84. The molecule has 0 bridgehead atoms. The largest absolute Gasteiger partial charge is 0.460 e. The van der Waals surface area contributed by atoms with Gasteiger partial charge in [0.2, 0.25) is 0 Å². The first-order valence-electron chi connectivity index (χ1n) is 9.59. The zero-order chi connectivity index (χ0) is 20.3. The molecule has 0 fully saturated rings. The van der Waals surface area contributed by atoms with E-state index in [2.05, 4.69) is 13.8 Å². The zero-order valence-electron chi connectivity index (χ0n) is 16.1. The summed E-state index contributed by atoms with van der Waals surface area (Å²) in [5, 5.41) is 1.32. The van der Waals surface area contributed by atoms with Crippen molar-refractivity contribution in [2.24, 2.45) is 5.41 Å². The lowest BCUT2D eigenvalue weighted by Gasteiger charge is -2.38. The summed E-state index contributed by atoms with van der Waals surface area (Å²) in [7, 11) is 0. The molecule has 0 saturated carbocycles. The summed E-state index contributed by atoms with van der Waals surface area (Å²) in [5.41, 5.74) is 1.54. The van der Waals surface area contributed by atoms with Crippen LogP contribution in [0.4, 0.5) is 0 Å². The molecule has 1 aliphatic heterocycles. The second-order valence-corrected chi connectivity index (χ2v) is 8.93. The molecule has 4 nitrogen and oxygen atoms in total. The maximum Gasteiger partial charge on any atom is 0.344 e. The van der Waals surface area contributed by atoms with Crippen LogP contribution >= 0.6 is 11.6 Å². The lowest BCUT2D eigenvalue weighted by molar-refractivity contribution is -0.118. The third kappa shape index (κ3) is 2.90. The molecule has 3 aromatic rings. The molecular weight excluding hydrogens is 388 g/mol. The van der Waals surface area contributed by atoms with Crippen LogP contribution < -0.4 is 10.4 Å². The highest BCUT2D eigenvalue weighted by Crippen LogP contribution is 2.50. The van der Waals surface area contributed by atoms with Crippen molar-refractivity contribution in [3.8, 4) is 5.75 Å². The van der Waals surface area contributed by atoms with Gasteiger partial charge in [-0.15, -0.1) is 0 Å². The molecule has 0 amide bonds. The first-order chi connectivity index (χ1) is 13.8. The third-order valence-corrected chi connectivity index (χ3v) is 5.94. The Morgan fingerprint density at radius 3 is 2.48 bits per heavy atom. The highest BCUT2D eigenvalue weighted by atomic mass is 35.5. The summed E-state index contributed by atoms with van der Waals surface area (Å²) in [5.74, 6) is 0.611. The van der Waals surface area contributed by atoms with Gasteiger partial charge in [0.25, 0.3) is 0 Å². The summed E-state index contributed by atoms with van der Waals surface area (Å²) in [4.78, 5) is 26.2. The van der Waals surface area contributed by atoms with Crippen LogP contribution in [0.1, 0.15) is 43.7 Å². The Morgan fingerprint density at radius 1 is 1.00 bits per heavy atom. The van der Waals surface area contributed by atoms with Gasteiger partial charge < -0.3 is 9.15 Å². The molecule has 5 rings (SSSR count). The number of carbonyl (C=O) groups is 1. The Labute approximate surface area is 172 Å². The smallest absolute Gasteiger partial charge is 0.344 e. The standard InChI is InChI=1S/C24H19ClO4/c1-24(2)11-16(26)20-18(12-24)28-22-15-5-3-4-6-17(15)29-23(27)21(22)19(20)13-7-9-14(25)10-8-13/h3-10,19H,11-12H2,1-2H3. The van der Waals surface area contributed by atoms with Gasteiger partial charge in [-0.1, -0.05) is 49.7 Å². The van der Waals surface area contributed by atoms with Gasteiger partial charge in [-0.05, 0) is 35.2 Å². The molecule has 1 atom stereocenters. The number of halogens is 1. The third-order valence-electron chi connectivity index (χ3n) is 5.68. The number of fused-ring (bicyclic) bond motifs is 3. The Hall–Kier alpha value is -2.85. The van der Waals surface area contributed by atoms with E-state index in [1.807, 2.05) is 30.3 Å². The highest BCUT2D eigenvalue weighted by molar-refractivity contribution is 6.30. The van der Waals surface area contributed by atoms with Crippen molar-refractivity contribution in [3.63, 3.8) is 0 Å². The van der Waals surface area contributed by atoms with Crippen LogP contribution in [0.3, 0.4) is 0 Å². The molecule has 0 spiro atoms. The van der Waals surface area contributed by atoms with Gasteiger partial charge in [-0.3, -0.25) is 4.79 Å². The van der Waals surface area contributed by atoms with Crippen molar-refractivity contribution in [3.05, 3.63) is 86.4 Å². The van der Waals surface area contributed by atoms with Gasteiger partial charge in [-0.25, -0.2) is 4.79 Å². The minimum atomic E-state index is -0.532. The minimum absolute atomic E-state index is 0.00871. The first-order valence-corrected chi connectivity index (χ1v) is 9.97. The highest BCUT2D eigenvalue weighted by Gasteiger charge is 2.44. The normalized spacial score (nSPS) is 20.2. The maximum absolute atomic E-state index is 13.2. The molecular formula is C24H19ClO4. The quantitative estimate of drug-likeness (QED) is 0.492. The van der Waals surface area contributed by atoms with E-state index < -0.39 is 11.5 Å². The zero-order valence-corrected chi connectivity index (χ0v) is 16.9. The summed E-state index contributed by atoms with van der Waals surface area (Å²) in [6.45, 7) is 4.12. The molecule has 0 saturated heterocycles. The number of benzene rings is 2. The predicted octanol–water partition coefficient (Wildman–Crippen LogP) is 5.61. The van der Waals surface area contributed by atoms with Gasteiger partial charge in [0, 0.05) is 23.4 Å². The number of ether oxygens (including phenoxy) is 1. The number of Topliss-reactive ketones (excluding diaryl/α,β-unsaturated/α-hetero) is 1. The first kappa shape index (κ1) is 18.2. The average Bonchev–Trinajstić information content (AvgIpc) is 2.66. The number of rotatable bonds is 1. The number of hydrogen-bond acceptors (Lipinski definition) is 4. The fourth-order valence-electron chi connectivity index (χ4n) is 4.44. The van der Waals surface area contributed by atoms with Crippen LogP contribution in [-0.2, 0) is 4.79 Å². The van der Waals surface area contributed by atoms with E-state index in [1.165, 1.54) is 0 Å². The summed E-state index contributed by atoms with van der Waals surface area (Å²) in [6.07, 6.45) is 1.04. The molecule has 2 heterocycles. The number of hydrogen-bond donors (Lipinski definition) is 0. The fraction of sp³-hybridized carbons (Fsp3) is 0.250. The maximum atomic E-state index is 13.2. The lowest BCUT2D eigenvalue weighted by atomic mass is 9.70. The molecule has 29 heavy (non-hydrogen) atoms. The SMILES string of the molecule is CC1(C)CC(=O)C2=C(C1)Oc1c(c(=O)oc3ccccc13)C2c1ccc(Cl)cc1. The van der Waals surface area contributed by atoms with E-state index in [-0.39, 0.29) is 11.2 Å². The summed E-state index contributed by atoms with van der Waals surface area (Å²) >= 11 is 6.08. The second kappa shape index (κ2) is 6.33. The van der Waals surface area contributed by atoms with E-state index >= 15 is 0 Å². The average molecular weight is 407 g/mol. The number of para-hydroxylation sites is 1. The van der Waals surface area contributed by atoms with Gasteiger partial charge in [0.05, 0.1) is 16.9 Å². The molecule has 0 radical (unpaired) electrons. The summed E-state index contributed by atoms with van der Waals surface area (Å²) < 4.78 is 11.9. The molecule has 0 N–H and O–H groups in total. The van der Waals surface area contributed by atoms with Crippen LogP contribution in [0.15, 0.2) is 69.1 Å². The topological polar surface area (TPSA) is 56.5 Å². The van der Waals surface area contributed by atoms with Gasteiger partial charge in [0.15, 0.2) is 5.78 Å².